The van der Waals surface area contributed by atoms with E-state index >= 15 is 0 Å². The molecule has 0 saturated heterocycles. The van der Waals surface area contributed by atoms with Gasteiger partial charge < -0.3 is 11.5 Å². The Morgan fingerprint density at radius 2 is 1.89 bits per heavy atom. The zero-order valence-corrected chi connectivity index (χ0v) is 10.7. The van der Waals surface area contributed by atoms with Crippen molar-refractivity contribution in [2.45, 2.75) is 19.5 Å². The Kier molecular flexibility index (Phi) is 3.05. The fourth-order valence-corrected chi connectivity index (χ4v) is 2.49. The molecule has 0 radical (unpaired) electrons. The molecular weight excluding hydrogens is 238 g/mol. The number of nitrogens with zero attached hydrogens (tertiary/aromatic N) is 3. The van der Waals surface area contributed by atoms with Crippen LogP contribution < -0.4 is 11.5 Å². The van der Waals surface area contributed by atoms with Crippen LogP contribution in [-0.2, 0) is 19.5 Å². The number of hydrogen-bond donors (Lipinski definition) is 2. The lowest BCUT2D eigenvalue weighted by molar-refractivity contribution is 0.243. The molecule has 0 spiro atoms. The topological polar surface area (TPSA) is 81.1 Å². The standard InChI is InChI=1S/C14H17N5/c15-13-11-9-19(8-10-4-2-1-3-5-10)7-6-12(11)17-14(16)18-13/h1-5H,6-9H2,(H4,15,16,17,18). The highest BCUT2D eigenvalue weighted by atomic mass is 15.1. The number of nitrogens with two attached hydrogens (primary N) is 2. The molecule has 0 bridgehead atoms. The highest BCUT2D eigenvalue weighted by molar-refractivity contribution is 5.46. The van der Waals surface area contributed by atoms with Gasteiger partial charge in [0.05, 0.1) is 5.69 Å². The molecule has 0 fully saturated rings. The molecule has 98 valence electrons. The molecule has 1 aromatic heterocycles. The monoisotopic (exact) mass is 255 g/mol. The molecule has 2 aromatic rings. The molecule has 0 aliphatic carbocycles. The number of rotatable bonds is 2. The third-order valence-electron chi connectivity index (χ3n) is 3.44. The highest BCUT2D eigenvalue weighted by Gasteiger charge is 2.20. The Bertz CT molecular complexity index is 582. The van der Waals surface area contributed by atoms with Crippen LogP contribution in [0.2, 0.25) is 0 Å². The van der Waals surface area contributed by atoms with Gasteiger partial charge in [0.15, 0.2) is 0 Å². The molecule has 19 heavy (non-hydrogen) atoms. The van der Waals surface area contributed by atoms with Crippen LogP contribution in [0.3, 0.4) is 0 Å². The maximum absolute atomic E-state index is 5.94. The maximum Gasteiger partial charge on any atom is 0.222 e. The summed E-state index contributed by atoms with van der Waals surface area (Å²) in [5.41, 5.74) is 14.9. The lowest BCUT2D eigenvalue weighted by Crippen LogP contribution is -2.31. The summed E-state index contributed by atoms with van der Waals surface area (Å²) in [5.74, 6) is 0.785. The van der Waals surface area contributed by atoms with Crippen LogP contribution in [0.15, 0.2) is 30.3 Å². The molecule has 0 saturated carbocycles. The summed E-state index contributed by atoms with van der Waals surface area (Å²) < 4.78 is 0. The largest absolute Gasteiger partial charge is 0.383 e. The van der Waals surface area contributed by atoms with Crippen LogP contribution in [0.5, 0.6) is 0 Å². The van der Waals surface area contributed by atoms with Crippen molar-refractivity contribution in [1.82, 2.24) is 14.9 Å². The van der Waals surface area contributed by atoms with Crippen LogP contribution in [0.4, 0.5) is 11.8 Å². The van der Waals surface area contributed by atoms with Crippen molar-refractivity contribution in [1.29, 1.82) is 0 Å². The summed E-state index contributed by atoms with van der Waals surface area (Å²) in [6, 6.07) is 10.4. The molecule has 2 heterocycles. The van der Waals surface area contributed by atoms with Crippen LogP contribution in [0.25, 0.3) is 0 Å². The molecule has 3 rings (SSSR count). The van der Waals surface area contributed by atoms with Gasteiger partial charge in [-0.2, -0.15) is 4.98 Å². The molecule has 0 unspecified atom stereocenters. The van der Waals surface area contributed by atoms with Crippen molar-refractivity contribution < 1.29 is 0 Å². The van der Waals surface area contributed by atoms with Gasteiger partial charge in [-0.1, -0.05) is 30.3 Å². The van der Waals surface area contributed by atoms with Crippen molar-refractivity contribution in [2.24, 2.45) is 0 Å². The first-order valence-electron chi connectivity index (χ1n) is 6.39. The molecule has 1 aromatic carbocycles. The maximum atomic E-state index is 5.94. The molecule has 5 heteroatoms. The van der Waals surface area contributed by atoms with Crippen LogP contribution in [-0.4, -0.2) is 21.4 Å². The van der Waals surface area contributed by atoms with E-state index in [4.69, 9.17) is 11.5 Å². The van der Waals surface area contributed by atoms with Crippen molar-refractivity contribution in [3.05, 3.63) is 47.2 Å². The Morgan fingerprint density at radius 1 is 1.11 bits per heavy atom. The highest BCUT2D eigenvalue weighted by Crippen LogP contribution is 2.23. The number of fused-ring (bicyclic) bond motifs is 1. The number of hydrogen-bond acceptors (Lipinski definition) is 5. The van der Waals surface area contributed by atoms with Gasteiger partial charge in [0.25, 0.3) is 0 Å². The molecular formula is C14H17N5. The van der Waals surface area contributed by atoms with E-state index in [1.807, 2.05) is 6.07 Å². The summed E-state index contributed by atoms with van der Waals surface area (Å²) in [4.78, 5) is 10.7. The van der Waals surface area contributed by atoms with Gasteiger partial charge in [-0.3, -0.25) is 4.90 Å². The average Bonchev–Trinajstić information content (AvgIpc) is 2.40. The fourth-order valence-electron chi connectivity index (χ4n) is 2.49. The third kappa shape index (κ3) is 2.51. The first-order chi connectivity index (χ1) is 9.22. The molecule has 1 aliphatic rings. The van der Waals surface area contributed by atoms with Gasteiger partial charge in [-0.25, -0.2) is 4.98 Å². The summed E-state index contributed by atoms with van der Waals surface area (Å²) in [5, 5.41) is 0. The van der Waals surface area contributed by atoms with Gasteiger partial charge in [-0.15, -0.1) is 0 Å². The predicted molar refractivity (Wildman–Crippen MR) is 75.1 cm³/mol. The Morgan fingerprint density at radius 3 is 2.68 bits per heavy atom. The first kappa shape index (κ1) is 11.9. The number of anilines is 2. The van der Waals surface area contributed by atoms with Gasteiger partial charge in [0.1, 0.15) is 5.82 Å². The van der Waals surface area contributed by atoms with Gasteiger partial charge in [0.2, 0.25) is 5.95 Å². The Balaban J connectivity index is 1.79. The second-order valence-electron chi connectivity index (χ2n) is 4.84. The van der Waals surface area contributed by atoms with Crippen molar-refractivity contribution >= 4 is 11.8 Å². The lowest BCUT2D eigenvalue weighted by Gasteiger charge is -2.28. The van der Waals surface area contributed by atoms with Crippen LogP contribution in [0, 0.1) is 0 Å². The first-order valence-corrected chi connectivity index (χ1v) is 6.39. The number of nitrogen functional groups attached to an aromatic ring is 2. The average molecular weight is 255 g/mol. The second kappa shape index (κ2) is 4.85. The molecule has 4 N–H and O–H groups in total. The number of benzene rings is 1. The molecule has 0 amide bonds. The van der Waals surface area contributed by atoms with E-state index in [2.05, 4.69) is 39.1 Å². The summed E-state index contributed by atoms with van der Waals surface area (Å²) in [7, 11) is 0. The van der Waals surface area contributed by atoms with Crippen LogP contribution in [0.1, 0.15) is 16.8 Å². The van der Waals surface area contributed by atoms with Crippen LogP contribution >= 0.6 is 0 Å². The van der Waals surface area contributed by atoms with Crippen molar-refractivity contribution in [3.8, 4) is 0 Å². The van der Waals surface area contributed by atoms with Crippen molar-refractivity contribution in [2.75, 3.05) is 18.0 Å². The molecule has 1 aliphatic heterocycles. The minimum Gasteiger partial charge on any atom is -0.383 e. The minimum atomic E-state index is 0.271. The van der Waals surface area contributed by atoms with E-state index in [9.17, 15) is 0 Å². The predicted octanol–water partition coefficient (Wildman–Crippen LogP) is 1.20. The summed E-state index contributed by atoms with van der Waals surface area (Å²) in [6.45, 7) is 2.68. The van der Waals surface area contributed by atoms with Gasteiger partial charge >= 0.3 is 0 Å². The molecule has 5 nitrogen and oxygen atoms in total. The summed E-state index contributed by atoms with van der Waals surface area (Å²) in [6.07, 6.45) is 0.874. The quantitative estimate of drug-likeness (QED) is 0.842. The van der Waals surface area contributed by atoms with Gasteiger partial charge in [-0.05, 0) is 5.56 Å². The van der Waals surface area contributed by atoms with E-state index in [1.54, 1.807) is 0 Å². The third-order valence-corrected chi connectivity index (χ3v) is 3.44. The SMILES string of the molecule is Nc1nc(N)c2c(n1)CCN(Cc1ccccc1)C2. The summed E-state index contributed by atoms with van der Waals surface area (Å²) >= 11 is 0. The lowest BCUT2D eigenvalue weighted by atomic mass is 10.1. The van der Waals surface area contributed by atoms with Crippen molar-refractivity contribution in [3.63, 3.8) is 0 Å². The van der Waals surface area contributed by atoms with E-state index in [1.165, 1.54) is 5.56 Å². The Labute approximate surface area is 112 Å². The normalized spacial score (nSPS) is 15.2. The van der Waals surface area contributed by atoms with E-state index in [-0.39, 0.29) is 5.95 Å². The smallest absolute Gasteiger partial charge is 0.222 e. The molecule has 0 atom stereocenters. The van der Waals surface area contributed by atoms with E-state index in [0.717, 1.165) is 37.3 Å². The zero-order chi connectivity index (χ0) is 13.2. The second-order valence-corrected chi connectivity index (χ2v) is 4.84. The fraction of sp³-hybridized carbons (Fsp3) is 0.286. The zero-order valence-electron chi connectivity index (χ0n) is 10.7. The van der Waals surface area contributed by atoms with E-state index in [0.29, 0.717) is 5.82 Å². The number of aromatic nitrogens is 2. The minimum absolute atomic E-state index is 0.271. The Hall–Kier alpha value is -2.14. The van der Waals surface area contributed by atoms with Gasteiger partial charge in [0, 0.05) is 31.6 Å². The van der Waals surface area contributed by atoms with E-state index < -0.39 is 0 Å².